The first-order valence-corrected chi connectivity index (χ1v) is 10.8. The van der Waals surface area contributed by atoms with Crippen LogP contribution in [0.5, 0.6) is 0 Å². The van der Waals surface area contributed by atoms with E-state index in [9.17, 15) is 33.9 Å². The zero-order valence-corrected chi connectivity index (χ0v) is 18.9. The van der Waals surface area contributed by atoms with Gasteiger partial charge in [0.2, 0.25) is 29.5 Å². The molecule has 0 saturated carbocycles. The number of hydrogen-bond donors (Lipinski definition) is 6. The standard InChI is InChI=1S/C20H34N6O7/c1-3-10(2)16(25-17(29)11(21)6-7-14(22)27)18(30)24-12(9-15(23)28)19(31)26-8-4-5-13(26)20(32)33/h10-13,16H,3-9,21H2,1-2H3,(H2,22,27)(H2,23,28)(H,24,30)(H,25,29)(H,32,33). The van der Waals surface area contributed by atoms with Crippen molar-refractivity contribution in [3.8, 4) is 0 Å². The van der Waals surface area contributed by atoms with Crippen LogP contribution in [0.2, 0.25) is 0 Å². The summed E-state index contributed by atoms with van der Waals surface area (Å²) < 4.78 is 0. The fraction of sp³-hybridized carbons (Fsp3) is 0.700. The van der Waals surface area contributed by atoms with Crippen molar-refractivity contribution in [3.05, 3.63) is 0 Å². The van der Waals surface area contributed by atoms with Crippen LogP contribution in [0.4, 0.5) is 0 Å². The van der Waals surface area contributed by atoms with Crippen LogP contribution in [-0.4, -0.2) is 76.2 Å². The molecule has 13 nitrogen and oxygen atoms in total. The molecule has 0 aromatic carbocycles. The lowest BCUT2D eigenvalue weighted by atomic mass is 9.97. The van der Waals surface area contributed by atoms with Gasteiger partial charge in [-0.3, -0.25) is 24.0 Å². The molecule has 0 bridgehead atoms. The van der Waals surface area contributed by atoms with E-state index in [2.05, 4.69) is 10.6 Å². The van der Waals surface area contributed by atoms with Gasteiger partial charge in [0, 0.05) is 13.0 Å². The van der Waals surface area contributed by atoms with Crippen molar-refractivity contribution in [3.63, 3.8) is 0 Å². The summed E-state index contributed by atoms with van der Waals surface area (Å²) in [5.74, 6) is -5.20. The SMILES string of the molecule is CCC(C)C(NC(=O)C(N)CCC(N)=O)C(=O)NC(CC(N)=O)C(=O)N1CCCC1C(=O)O. The molecular weight excluding hydrogens is 436 g/mol. The lowest BCUT2D eigenvalue weighted by molar-refractivity contribution is -0.149. The number of amides is 5. The van der Waals surface area contributed by atoms with Crippen LogP contribution >= 0.6 is 0 Å². The molecule has 5 unspecified atom stereocenters. The highest BCUT2D eigenvalue weighted by Gasteiger charge is 2.39. The Labute approximate surface area is 191 Å². The van der Waals surface area contributed by atoms with Gasteiger partial charge in [-0.2, -0.15) is 0 Å². The van der Waals surface area contributed by atoms with Gasteiger partial charge in [-0.15, -0.1) is 0 Å². The van der Waals surface area contributed by atoms with E-state index in [0.29, 0.717) is 12.8 Å². The van der Waals surface area contributed by atoms with Crippen LogP contribution in [0.25, 0.3) is 0 Å². The van der Waals surface area contributed by atoms with E-state index in [1.165, 1.54) is 0 Å². The van der Waals surface area contributed by atoms with Crippen LogP contribution < -0.4 is 27.8 Å². The van der Waals surface area contributed by atoms with Crippen LogP contribution in [-0.2, 0) is 28.8 Å². The lowest BCUT2D eigenvalue weighted by Gasteiger charge is -2.30. The number of nitrogens with zero attached hydrogens (tertiary/aromatic N) is 1. The van der Waals surface area contributed by atoms with Crippen LogP contribution in [0.15, 0.2) is 0 Å². The molecule has 0 aromatic rings. The van der Waals surface area contributed by atoms with Gasteiger partial charge in [0.15, 0.2) is 0 Å². The van der Waals surface area contributed by atoms with Gasteiger partial charge < -0.3 is 37.8 Å². The molecule has 1 rings (SSSR count). The normalized spacial score (nSPS) is 19.1. The van der Waals surface area contributed by atoms with Gasteiger partial charge in [0.05, 0.1) is 12.5 Å². The number of rotatable bonds is 13. The second kappa shape index (κ2) is 12.7. The highest BCUT2D eigenvalue weighted by atomic mass is 16.4. The first kappa shape index (κ1) is 27.8. The smallest absolute Gasteiger partial charge is 0.326 e. The summed E-state index contributed by atoms with van der Waals surface area (Å²) in [5, 5.41) is 14.3. The predicted octanol–water partition coefficient (Wildman–Crippen LogP) is -2.45. The first-order chi connectivity index (χ1) is 15.4. The molecule has 1 heterocycles. The third-order valence-corrected chi connectivity index (χ3v) is 5.67. The Morgan fingerprint density at radius 1 is 1.06 bits per heavy atom. The van der Waals surface area contributed by atoms with Gasteiger partial charge in [0.25, 0.3) is 0 Å². The predicted molar refractivity (Wildman–Crippen MR) is 116 cm³/mol. The topological polar surface area (TPSA) is 228 Å². The van der Waals surface area contributed by atoms with Crippen molar-refractivity contribution in [2.24, 2.45) is 23.1 Å². The molecule has 1 saturated heterocycles. The molecule has 0 spiro atoms. The summed E-state index contributed by atoms with van der Waals surface area (Å²) >= 11 is 0. The minimum atomic E-state index is -1.39. The highest BCUT2D eigenvalue weighted by molar-refractivity contribution is 5.96. The molecule has 0 aromatic heterocycles. The number of nitrogens with one attached hydrogen (secondary N) is 2. The van der Waals surface area contributed by atoms with Gasteiger partial charge in [-0.25, -0.2) is 4.79 Å². The lowest BCUT2D eigenvalue weighted by Crippen LogP contribution is -2.59. The number of primary amides is 2. The van der Waals surface area contributed by atoms with E-state index >= 15 is 0 Å². The molecule has 1 aliphatic rings. The van der Waals surface area contributed by atoms with E-state index in [-0.39, 0.29) is 31.7 Å². The highest BCUT2D eigenvalue weighted by Crippen LogP contribution is 2.19. The molecule has 33 heavy (non-hydrogen) atoms. The van der Waals surface area contributed by atoms with E-state index in [4.69, 9.17) is 17.2 Å². The third-order valence-electron chi connectivity index (χ3n) is 5.67. The second-order valence-corrected chi connectivity index (χ2v) is 8.24. The summed E-state index contributed by atoms with van der Waals surface area (Å²) in [4.78, 5) is 73.4. The Bertz CT molecular complexity index is 774. The first-order valence-electron chi connectivity index (χ1n) is 10.8. The third kappa shape index (κ3) is 8.33. The average Bonchev–Trinajstić information content (AvgIpc) is 3.23. The van der Waals surface area contributed by atoms with Crippen LogP contribution in [0, 0.1) is 5.92 Å². The molecule has 5 atom stereocenters. The summed E-state index contributed by atoms with van der Waals surface area (Å²) in [6, 6.07) is -4.62. The molecule has 0 aliphatic carbocycles. The van der Waals surface area contributed by atoms with Crippen molar-refractivity contribution in [2.75, 3.05) is 6.54 Å². The number of carboxylic acids is 1. The maximum absolute atomic E-state index is 13.0. The molecule has 13 heteroatoms. The van der Waals surface area contributed by atoms with E-state index in [1.54, 1.807) is 13.8 Å². The van der Waals surface area contributed by atoms with Crippen molar-refractivity contribution in [2.45, 2.75) is 76.5 Å². The summed E-state index contributed by atoms with van der Waals surface area (Å²) in [6.45, 7) is 3.66. The summed E-state index contributed by atoms with van der Waals surface area (Å²) in [6.07, 6.45) is 0.555. The average molecular weight is 471 g/mol. The van der Waals surface area contributed by atoms with E-state index < -0.39 is 66.1 Å². The number of carbonyl (C=O) groups excluding carboxylic acids is 5. The largest absolute Gasteiger partial charge is 0.480 e. The zero-order chi connectivity index (χ0) is 25.3. The minimum absolute atomic E-state index is 0.00959. The number of nitrogens with two attached hydrogens (primary N) is 3. The molecule has 1 aliphatic heterocycles. The van der Waals surface area contributed by atoms with Gasteiger partial charge >= 0.3 is 5.97 Å². The van der Waals surface area contributed by atoms with Crippen molar-refractivity contribution in [1.82, 2.24) is 15.5 Å². The Morgan fingerprint density at radius 2 is 1.70 bits per heavy atom. The van der Waals surface area contributed by atoms with E-state index in [1.807, 2.05) is 0 Å². The van der Waals surface area contributed by atoms with Gasteiger partial charge in [-0.05, 0) is 25.2 Å². The summed E-state index contributed by atoms with van der Waals surface area (Å²) in [7, 11) is 0. The zero-order valence-electron chi connectivity index (χ0n) is 18.9. The molecule has 1 fully saturated rings. The van der Waals surface area contributed by atoms with E-state index in [0.717, 1.165) is 4.90 Å². The number of carbonyl (C=O) groups is 6. The van der Waals surface area contributed by atoms with Crippen LogP contribution in [0.1, 0.15) is 52.4 Å². The number of hydrogen-bond acceptors (Lipinski definition) is 7. The molecule has 186 valence electrons. The Balaban J connectivity index is 3.00. The van der Waals surface area contributed by atoms with Crippen molar-refractivity contribution in [1.29, 1.82) is 0 Å². The fourth-order valence-electron chi connectivity index (χ4n) is 3.54. The minimum Gasteiger partial charge on any atom is -0.480 e. The number of likely N-dealkylation sites (tertiary alicyclic amines) is 1. The molecule has 9 N–H and O–H groups in total. The molecule has 0 radical (unpaired) electrons. The van der Waals surface area contributed by atoms with Crippen molar-refractivity contribution >= 4 is 35.5 Å². The monoisotopic (exact) mass is 470 g/mol. The quantitative estimate of drug-likeness (QED) is 0.169. The number of aliphatic carboxylic acids is 1. The Morgan fingerprint density at radius 3 is 2.21 bits per heavy atom. The number of carboxylic acid groups (broad SMARTS) is 1. The Hall–Kier alpha value is -3.22. The van der Waals surface area contributed by atoms with Crippen LogP contribution in [0.3, 0.4) is 0 Å². The summed E-state index contributed by atoms with van der Waals surface area (Å²) in [5.41, 5.74) is 16.1. The molecule has 5 amide bonds. The molecular formula is C20H34N6O7. The Kier molecular flexibility index (Phi) is 10.7. The van der Waals surface area contributed by atoms with Crippen molar-refractivity contribution < 1.29 is 33.9 Å². The second-order valence-electron chi connectivity index (χ2n) is 8.24. The van der Waals surface area contributed by atoms with Gasteiger partial charge in [-0.1, -0.05) is 20.3 Å². The fourth-order valence-corrected chi connectivity index (χ4v) is 3.54. The maximum atomic E-state index is 13.0. The van der Waals surface area contributed by atoms with Gasteiger partial charge in [0.1, 0.15) is 18.1 Å². The maximum Gasteiger partial charge on any atom is 0.326 e.